The Kier molecular flexibility index (Phi) is 9.86. The normalized spacial score (nSPS) is 17.7. The maximum Gasteiger partial charge on any atom is 0.573 e. The average Bonchev–Trinajstić information content (AvgIpc) is 3.25. The molecule has 0 spiro atoms. The molecule has 46 heavy (non-hydrogen) atoms. The number of sulfonamides is 1. The molecule has 1 N–H and O–H groups in total. The molecule has 0 saturated carbocycles. The van der Waals surface area contributed by atoms with Crippen molar-refractivity contribution < 1.29 is 45.4 Å². The van der Waals surface area contributed by atoms with Gasteiger partial charge in [-0.1, -0.05) is 50.1 Å². The van der Waals surface area contributed by atoms with Crippen molar-refractivity contribution in [2.75, 3.05) is 32.6 Å². The van der Waals surface area contributed by atoms with Gasteiger partial charge in [-0.2, -0.15) is 0 Å². The van der Waals surface area contributed by atoms with Crippen molar-refractivity contribution in [1.82, 2.24) is 10.2 Å². The first-order valence-electron chi connectivity index (χ1n) is 14.0. The summed E-state index contributed by atoms with van der Waals surface area (Å²) in [6.07, 6.45) is -4.79. The Labute approximate surface area is 270 Å². The van der Waals surface area contributed by atoms with Crippen LogP contribution in [0.2, 0.25) is 5.02 Å². The lowest BCUT2D eigenvalue weighted by Gasteiger charge is -2.37. The molecule has 0 bridgehead atoms. The van der Waals surface area contributed by atoms with Crippen molar-refractivity contribution >= 4 is 39.1 Å². The minimum Gasteiger partial charge on any atom is -0.497 e. The van der Waals surface area contributed by atoms with Crippen LogP contribution in [0.1, 0.15) is 31.4 Å². The van der Waals surface area contributed by atoms with Gasteiger partial charge in [0.1, 0.15) is 16.4 Å². The van der Waals surface area contributed by atoms with Crippen LogP contribution in [-0.2, 0) is 25.2 Å². The SMILES string of the molecule is CC[C@H](C)[C@H](NC1(c2ccccc2OC)C(=O)N(S(=O)(=O)c2ccc(OC)cc2OC(F)(F)F)c2ccc(Cl)cc21)C(=O)N(C)C. The number of hydrogen-bond acceptors (Lipinski definition) is 8. The summed E-state index contributed by atoms with van der Waals surface area (Å²) in [7, 11) is 0.464. The lowest BCUT2D eigenvalue weighted by molar-refractivity contribution is -0.275. The van der Waals surface area contributed by atoms with Crippen molar-refractivity contribution in [3.05, 3.63) is 76.8 Å². The molecule has 1 heterocycles. The van der Waals surface area contributed by atoms with Gasteiger partial charge in [0.25, 0.3) is 15.9 Å². The molecule has 1 aliphatic heterocycles. The number of nitrogens with one attached hydrogen (secondary N) is 1. The minimum absolute atomic E-state index is 0.0322. The molecule has 0 fully saturated rings. The molecule has 3 aromatic rings. The van der Waals surface area contributed by atoms with Gasteiger partial charge in [0.05, 0.1) is 25.9 Å². The van der Waals surface area contributed by atoms with Gasteiger partial charge in [-0.3, -0.25) is 14.9 Å². The molecular weight excluding hydrogens is 651 g/mol. The average molecular weight is 684 g/mol. The predicted molar refractivity (Wildman–Crippen MR) is 165 cm³/mol. The zero-order valence-electron chi connectivity index (χ0n) is 25.8. The standard InChI is InChI=1S/C31H33ClF3N3O7S/c1-7-18(2)27(28(39)37(3)4)36-30(21-10-8-9-11-24(21)44-6)22-16-19(32)12-14-23(22)38(29(30)40)46(41,42)26-15-13-20(43-5)17-25(26)45-31(33,34)35/h8-18,27,36H,7H2,1-6H3/t18-,27-,30?/m0/s1. The Morgan fingerprint density at radius 1 is 1.02 bits per heavy atom. The van der Waals surface area contributed by atoms with Crippen LogP contribution in [0.4, 0.5) is 18.9 Å². The van der Waals surface area contributed by atoms with Crippen LogP contribution in [0, 0.1) is 5.92 Å². The van der Waals surface area contributed by atoms with E-state index in [4.69, 9.17) is 21.1 Å². The molecular formula is C31H33ClF3N3O7S. The number of rotatable bonds is 11. The summed E-state index contributed by atoms with van der Waals surface area (Å²) in [5, 5.41) is 3.32. The topological polar surface area (TPSA) is 114 Å². The lowest BCUT2D eigenvalue weighted by atomic mass is 9.81. The molecule has 248 valence electrons. The van der Waals surface area contributed by atoms with Crippen molar-refractivity contribution in [2.45, 2.75) is 43.1 Å². The van der Waals surface area contributed by atoms with Crippen LogP contribution in [0.5, 0.6) is 17.2 Å². The van der Waals surface area contributed by atoms with Crippen LogP contribution in [0.3, 0.4) is 0 Å². The van der Waals surface area contributed by atoms with Gasteiger partial charge in [-0.25, -0.2) is 12.7 Å². The number of hydrogen-bond donors (Lipinski definition) is 1. The second kappa shape index (κ2) is 13.0. The number of alkyl halides is 3. The van der Waals surface area contributed by atoms with Crippen molar-refractivity contribution in [3.8, 4) is 17.2 Å². The Hall–Kier alpha value is -4.01. The van der Waals surface area contributed by atoms with E-state index in [1.807, 2.05) is 6.92 Å². The predicted octanol–water partition coefficient (Wildman–Crippen LogP) is 5.33. The number of ether oxygens (including phenoxy) is 3. The number of halogens is 4. The van der Waals surface area contributed by atoms with E-state index in [2.05, 4.69) is 10.1 Å². The zero-order chi connectivity index (χ0) is 34.2. The summed E-state index contributed by atoms with van der Waals surface area (Å²) < 4.78 is 84.5. The zero-order valence-corrected chi connectivity index (χ0v) is 27.4. The third-order valence-corrected chi connectivity index (χ3v) is 9.76. The number of likely N-dealkylation sites (N-methyl/N-ethyl adjacent to an activating group) is 1. The smallest absolute Gasteiger partial charge is 0.497 e. The molecule has 15 heteroatoms. The van der Waals surface area contributed by atoms with Crippen molar-refractivity contribution in [3.63, 3.8) is 0 Å². The van der Waals surface area contributed by atoms with Crippen LogP contribution < -0.4 is 23.8 Å². The molecule has 0 radical (unpaired) electrons. The number of nitrogens with zero attached hydrogens (tertiary/aromatic N) is 2. The van der Waals surface area contributed by atoms with E-state index in [0.717, 1.165) is 18.2 Å². The summed E-state index contributed by atoms with van der Waals surface area (Å²) in [6, 6.07) is 12.0. The molecule has 3 aromatic carbocycles. The fourth-order valence-corrected chi connectivity index (χ4v) is 7.10. The minimum atomic E-state index is -5.28. The summed E-state index contributed by atoms with van der Waals surface area (Å²) >= 11 is 6.44. The number of carbonyl (C=O) groups is 2. The first-order valence-corrected chi connectivity index (χ1v) is 15.8. The van der Waals surface area contributed by atoms with E-state index < -0.39 is 50.4 Å². The Balaban J connectivity index is 2.09. The highest BCUT2D eigenvalue weighted by atomic mass is 35.5. The molecule has 10 nitrogen and oxygen atoms in total. The van der Waals surface area contributed by atoms with E-state index in [-0.39, 0.29) is 39.3 Å². The largest absolute Gasteiger partial charge is 0.573 e. The maximum absolute atomic E-state index is 15.0. The number of methoxy groups -OCH3 is 2. The number of amides is 2. The first kappa shape index (κ1) is 34.9. The number of carbonyl (C=O) groups excluding carboxylic acids is 2. The third kappa shape index (κ3) is 6.20. The van der Waals surface area contributed by atoms with Crippen molar-refractivity contribution in [1.29, 1.82) is 0 Å². The summed E-state index contributed by atoms with van der Waals surface area (Å²) in [4.78, 5) is 29.0. The molecule has 1 aliphatic rings. The van der Waals surface area contributed by atoms with Crippen molar-refractivity contribution in [2.24, 2.45) is 5.92 Å². The van der Waals surface area contributed by atoms with Gasteiger partial charge in [0.2, 0.25) is 5.91 Å². The maximum atomic E-state index is 15.0. The Morgan fingerprint density at radius 2 is 1.70 bits per heavy atom. The van der Waals surface area contributed by atoms with Crippen LogP contribution in [-0.4, -0.2) is 65.9 Å². The van der Waals surface area contributed by atoms with Gasteiger partial charge in [-0.05, 0) is 42.3 Å². The molecule has 2 amide bonds. The molecule has 0 aromatic heterocycles. The van der Waals surface area contributed by atoms with Gasteiger partial charge in [0.15, 0.2) is 11.3 Å². The van der Waals surface area contributed by atoms with Gasteiger partial charge in [0, 0.05) is 36.3 Å². The number of para-hydroxylation sites is 1. The van der Waals surface area contributed by atoms with E-state index in [9.17, 15) is 26.4 Å². The number of benzene rings is 3. The first-order chi connectivity index (χ1) is 21.5. The second-order valence-corrected chi connectivity index (χ2v) is 13.0. The molecule has 1 unspecified atom stereocenters. The summed E-state index contributed by atoms with van der Waals surface area (Å²) in [5.41, 5.74) is -2.16. The lowest BCUT2D eigenvalue weighted by Crippen LogP contribution is -2.60. The summed E-state index contributed by atoms with van der Waals surface area (Å²) in [5.74, 6) is -2.99. The van der Waals surface area contributed by atoms with Gasteiger partial charge < -0.3 is 19.1 Å². The molecule has 0 saturated heterocycles. The number of fused-ring (bicyclic) bond motifs is 1. The monoisotopic (exact) mass is 683 g/mol. The highest BCUT2D eigenvalue weighted by Gasteiger charge is 2.59. The quantitative estimate of drug-likeness (QED) is 0.289. The molecule has 4 rings (SSSR count). The third-order valence-electron chi connectivity index (χ3n) is 7.78. The van der Waals surface area contributed by atoms with E-state index in [1.165, 1.54) is 43.4 Å². The van der Waals surface area contributed by atoms with Gasteiger partial charge in [-0.15, -0.1) is 13.2 Å². The fourth-order valence-electron chi connectivity index (χ4n) is 5.36. The molecule has 3 atom stereocenters. The Bertz CT molecular complexity index is 1750. The second-order valence-electron chi connectivity index (χ2n) is 10.8. The van der Waals surface area contributed by atoms with Gasteiger partial charge >= 0.3 is 6.36 Å². The highest BCUT2D eigenvalue weighted by molar-refractivity contribution is 7.93. The fraction of sp³-hybridized carbons (Fsp3) is 0.355. The highest BCUT2D eigenvalue weighted by Crippen LogP contribution is 2.51. The van der Waals surface area contributed by atoms with Crippen LogP contribution in [0.15, 0.2) is 65.6 Å². The van der Waals surface area contributed by atoms with E-state index in [0.29, 0.717) is 10.7 Å². The number of anilines is 1. The van der Waals surface area contributed by atoms with Crippen LogP contribution in [0.25, 0.3) is 0 Å². The van der Waals surface area contributed by atoms with Crippen LogP contribution >= 0.6 is 11.6 Å². The molecule has 0 aliphatic carbocycles. The van der Waals surface area contributed by atoms with E-state index >= 15 is 4.79 Å². The Morgan fingerprint density at radius 3 is 2.28 bits per heavy atom. The summed E-state index contributed by atoms with van der Waals surface area (Å²) in [6.45, 7) is 3.64. The van der Waals surface area contributed by atoms with E-state index in [1.54, 1.807) is 39.2 Å².